The van der Waals surface area contributed by atoms with Crippen molar-refractivity contribution in [1.82, 2.24) is 0 Å². The average Bonchev–Trinajstić information content (AvgIpc) is 0. The van der Waals surface area contributed by atoms with Crippen molar-refractivity contribution < 1.29 is 187 Å². The molecule has 1 radical (unpaired) electrons. The molecule has 0 aromatic heterocycles. The SMILES string of the molecule is [Pt].[Pt].[Pt].[Pt].[Pt].[Pt].[Pt].[Pt].[V]. The van der Waals surface area contributed by atoms with Crippen LogP contribution in [-0.4, -0.2) is 0 Å². The van der Waals surface area contributed by atoms with Gasteiger partial charge in [-0.25, -0.2) is 0 Å². The molecule has 85 valence electrons. The topological polar surface area (TPSA) is 0 Å². The summed E-state index contributed by atoms with van der Waals surface area (Å²) >= 11 is 0. The maximum Gasteiger partial charge on any atom is 0 e. The molecule has 0 saturated carbocycles. The van der Waals surface area contributed by atoms with E-state index in [0.29, 0.717) is 0 Å². The summed E-state index contributed by atoms with van der Waals surface area (Å²) in [5, 5.41) is 0. The molecule has 0 unspecified atom stereocenters. The van der Waals surface area contributed by atoms with E-state index in [1.807, 2.05) is 0 Å². The molecule has 9 heteroatoms. The van der Waals surface area contributed by atoms with E-state index in [9.17, 15) is 0 Å². The summed E-state index contributed by atoms with van der Waals surface area (Å²) in [6.45, 7) is 0. The maximum absolute atomic E-state index is 0. The number of hydrogen-bond acceptors (Lipinski definition) is 0. The first kappa shape index (κ1) is 80.8. The Labute approximate surface area is 182 Å². The minimum Gasteiger partial charge on any atom is 0 e. The molecule has 0 aliphatic rings. The van der Waals surface area contributed by atoms with Gasteiger partial charge in [-0.1, -0.05) is 0 Å². The molecule has 0 aromatic carbocycles. The Hall–Kier alpha value is 6.09. The summed E-state index contributed by atoms with van der Waals surface area (Å²) in [7, 11) is 0. The second-order valence-electron chi connectivity index (χ2n) is 0. The molecule has 0 saturated heterocycles. The summed E-state index contributed by atoms with van der Waals surface area (Å²) in [5.41, 5.74) is 0. The van der Waals surface area contributed by atoms with Gasteiger partial charge in [0.15, 0.2) is 0 Å². The largest absolute Gasteiger partial charge is 0 e. The van der Waals surface area contributed by atoms with E-state index in [1.54, 1.807) is 0 Å². The van der Waals surface area contributed by atoms with Gasteiger partial charge in [0, 0.05) is 187 Å². The van der Waals surface area contributed by atoms with Crippen LogP contribution in [0.5, 0.6) is 0 Å². The van der Waals surface area contributed by atoms with E-state index in [4.69, 9.17) is 0 Å². The molecule has 0 aliphatic heterocycles. The predicted molar refractivity (Wildman–Crippen MR) is 0 cm³/mol. The summed E-state index contributed by atoms with van der Waals surface area (Å²) in [5.74, 6) is 0. The molecule has 0 rings (SSSR count). The van der Waals surface area contributed by atoms with Crippen LogP contribution in [0.25, 0.3) is 0 Å². The van der Waals surface area contributed by atoms with Crippen LogP contribution >= 0.6 is 0 Å². The van der Waals surface area contributed by atoms with Crippen molar-refractivity contribution in [2.45, 2.75) is 0 Å². The summed E-state index contributed by atoms with van der Waals surface area (Å²) in [6, 6.07) is 0. The second-order valence-corrected chi connectivity index (χ2v) is 0. The third kappa shape index (κ3) is 55.5. The van der Waals surface area contributed by atoms with Gasteiger partial charge in [-0.15, -0.1) is 0 Å². The van der Waals surface area contributed by atoms with Gasteiger partial charge in [0.25, 0.3) is 0 Å². The molecule has 0 aliphatic carbocycles. The van der Waals surface area contributed by atoms with Gasteiger partial charge in [-0.3, -0.25) is 0 Å². The van der Waals surface area contributed by atoms with Crippen LogP contribution in [-0.2, 0) is 187 Å². The Morgan fingerprint density at radius 3 is 0.222 bits per heavy atom. The first-order chi connectivity index (χ1) is 0. The van der Waals surface area contributed by atoms with E-state index in [2.05, 4.69) is 0 Å². The molecule has 9 heavy (non-hydrogen) atoms. The zero-order chi connectivity index (χ0) is 0. The van der Waals surface area contributed by atoms with E-state index in [0.717, 1.165) is 0 Å². The zero-order valence-corrected chi connectivity index (χ0v) is 22.6. The quantitative estimate of drug-likeness (QED) is 0.321. The van der Waals surface area contributed by atoms with Crippen LogP contribution < -0.4 is 0 Å². The van der Waals surface area contributed by atoms with Crippen molar-refractivity contribution in [2.75, 3.05) is 0 Å². The van der Waals surface area contributed by atoms with E-state index >= 15 is 0 Å². The zero-order valence-electron chi connectivity index (χ0n) is 2.98. The Morgan fingerprint density at radius 1 is 0.222 bits per heavy atom. The average molecular weight is 1610 g/mol. The molecule has 0 aromatic rings. The number of hydrogen-bond donors (Lipinski definition) is 0. The molecular formula is Pt8V. The molecule has 0 spiro atoms. The van der Waals surface area contributed by atoms with Gasteiger partial charge in [-0.2, -0.15) is 0 Å². The van der Waals surface area contributed by atoms with Gasteiger partial charge in [0.2, 0.25) is 0 Å². The van der Waals surface area contributed by atoms with Crippen molar-refractivity contribution in [3.63, 3.8) is 0 Å². The van der Waals surface area contributed by atoms with Gasteiger partial charge in [0.1, 0.15) is 0 Å². The van der Waals surface area contributed by atoms with Crippen LogP contribution in [0, 0.1) is 0 Å². The predicted octanol–water partition coefficient (Wildman–Crippen LogP) is -0.0225. The fourth-order valence-electron chi connectivity index (χ4n) is 0. The molecule has 0 nitrogen and oxygen atoms in total. The Bertz CT molecular complexity index is 4.53. The summed E-state index contributed by atoms with van der Waals surface area (Å²) in [6.07, 6.45) is 0. The van der Waals surface area contributed by atoms with Gasteiger partial charge >= 0.3 is 0 Å². The fraction of sp³-hybridized carbons (Fsp3) is 0. The first-order valence-electron chi connectivity index (χ1n) is 0. The third-order valence-electron chi connectivity index (χ3n) is 0. The molecule has 0 fully saturated rings. The van der Waals surface area contributed by atoms with Crippen LogP contribution in [0.2, 0.25) is 0 Å². The van der Waals surface area contributed by atoms with Crippen LogP contribution in [0.4, 0.5) is 0 Å². The first-order valence-corrected chi connectivity index (χ1v) is 0. The minimum atomic E-state index is 0. The monoisotopic (exact) mass is 1610 g/mol. The Kier molecular flexibility index (Phi) is 584. The Morgan fingerprint density at radius 2 is 0.222 bits per heavy atom. The van der Waals surface area contributed by atoms with Crippen LogP contribution in [0.1, 0.15) is 0 Å². The molecule has 0 N–H and O–H groups in total. The standard InChI is InChI=1S/8Pt.V. The smallest absolute Gasteiger partial charge is 0 e. The molecule has 0 bridgehead atoms. The molecule has 0 atom stereocenters. The van der Waals surface area contributed by atoms with Gasteiger partial charge < -0.3 is 0 Å². The Balaban J connectivity index is 0. The van der Waals surface area contributed by atoms with Crippen molar-refractivity contribution >= 4 is 0 Å². The molecule has 0 heterocycles. The summed E-state index contributed by atoms with van der Waals surface area (Å²) < 4.78 is 0. The van der Waals surface area contributed by atoms with Crippen molar-refractivity contribution in [2.24, 2.45) is 0 Å². The maximum atomic E-state index is 0. The fourth-order valence-corrected chi connectivity index (χ4v) is 0. The summed E-state index contributed by atoms with van der Waals surface area (Å²) in [4.78, 5) is 0. The second kappa shape index (κ2) is 65.1. The van der Waals surface area contributed by atoms with E-state index in [1.165, 1.54) is 0 Å². The molecular weight excluding hydrogens is 1610 g/mol. The van der Waals surface area contributed by atoms with Crippen molar-refractivity contribution in [3.05, 3.63) is 0 Å². The number of rotatable bonds is 0. The van der Waals surface area contributed by atoms with E-state index in [-0.39, 0.29) is 187 Å². The van der Waals surface area contributed by atoms with Crippen LogP contribution in [0.15, 0.2) is 0 Å². The van der Waals surface area contributed by atoms with Crippen LogP contribution in [0.3, 0.4) is 0 Å². The third-order valence-corrected chi connectivity index (χ3v) is 0. The van der Waals surface area contributed by atoms with Gasteiger partial charge in [0.05, 0.1) is 0 Å². The van der Waals surface area contributed by atoms with Crippen molar-refractivity contribution in [1.29, 1.82) is 0 Å². The minimum absolute atomic E-state index is 0. The normalized spacial score (nSPS) is 0. The molecule has 0 amide bonds. The van der Waals surface area contributed by atoms with E-state index < -0.39 is 0 Å². The van der Waals surface area contributed by atoms with Gasteiger partial charge in [-0.05, 0) is 0 Å². The van der Waals surface area contributed by atoms with Crippen molar-refractivity contribution in [3.8, 4) is 0 Å².